The summed E-state index contributed by atoms with van der Waals surface area (Å²) in [6, 6.07) is 7.02. The first-order valence-corrected chi connectivity index (χ1v) is 7.60. The molecule has 2 heterocycles. The maximum absolute atomic E-state index is 12.4. The number of thiocarbonyl (C=S) groups is 1. The zero-order valence-electron chi connectivity index (χ0n) is 11.2. The third-order valence-electron chi connectivity index (χ3n) is 3.18. The lowest BCUT2D eigenvalue weighted by Gasteiger charge is -2.09. The van der Waals surface area contributed by atoms with Crippen LogP contribution in [0.2, 0.25) is 0 Å². The molecule has 106 valence electrons. The summed E-state index contributed by atoms with van der Waals surface area (Å²) < 4.78 is 5.95. The van der Waals surface area contributed by atoms with Crippen LogP contribution >= 0.6 is 24.0 Å². The number of fused-ring (bicyclic) bond motifs is 1. The number of benzene rings is 1. The smallest absolute Gasteiger partial charge is 0.266 e. The fourth-order valence-electron chi connectivity index (χ4n) is 2.11. The summed E-state index contributed by atoms with van der Waals surface area (Å²) in [4.78, 5) is 26.5. The van der Waals surface area contributed by atoms with E-state index < -0.39 is 0 Å². The average Bonchev–Trinajstić information content (AvgIpc) is 2.76. The van der Waals surface area contributed by atoms with Gasteiger partial charge < -0.3 is 4.42 Å². The minimum absolute atomic E-state index is 0.154. The molecule has 6 heteroatoms. The third kappa shape index (κ3) is 2.41. The zero-order chi connectivity index (χ0) is 15.0. The van der Waals surface area contributed by atoms with Crippen LogP contribution in [-0.4, -0.2) is 21.7 Å². The first-order chi connectivity index (χ1) is 10.1. The van der Waals surface area contributed by atoms with Crippen LogP contribution in [0, 0.1) is 0 Å². The molecule has 0 aliphatic carbocycles. The number of carbonyl (C=O) groups is 1. The van der Waals surface area contributed by atoms with Gasteiger partial charge in [-0.05, 0) is 25.1 Å². The molecule has 0 spiro atoms. The molecule has 0 N–H and O–H groups in total. The van der Waals surface area contributed by atoms with Crippen molar-refractivity contribution in [2.24, 2.45) is 0 Å². The van der Waals surface area contributed by atoms with E-state index in [1.807, 2.05) is 6.92 Å². The summed E-state index contributed by atoms with van der Waals surface area (Å²) in [6.45, 7) is 2.38. The number of thioether (sulfide) groups is 1. The average molecular weight is 317 g/mol. The standard InChI is InChI=1S/C15H11NO3S2/c1-2-16-14(18)12(21-15(16)20)7-9-8-19-11-6-4-3-5-10(11)13(9)17/h3-8H,2H2,1H3. The molecule has 3 rings (SSSR count). The van der Waals surface area contributed by atoms with Gasteiger partial charge in [0.2, 0.25) is 0 Å². The zero-order valence-corrected chi connectivity index (χ0v) is 12.8. The Morgan fingerprint density at radius 2 is 2.10 bits per heavy atom. The molecule has 0 radical (unpaired) electrons. The summed E-state index contributed by atoms with van der Waals surface area (Å²) in [5, 5.41) is 0.497. The van der Waals surface area contributed by atoms with Gasteiger partial charge in [0.1, 0.15) is 16.2 Å². The van der Waals surface area contributed by atoms with E-state index in [-0.39, 0.29) is 11.3 Å². The summed E-state index contributed by atoms with van der Waals surface area (Å²) in [7, 11) is 0. The second-order valence-corrected chi connectivity index (χ2v) is 6.12. The molecule has 0 unspecified atom stereocenters. The number of amides is 1. The molecular weight excluding hydrogens is 306 g/mol. The van der Waals surface area contributed by atoms with Gasteiger partial charge in [-0.15, -0.1) is 0 Å². The predicted octanol–water partition coefficient (Wildman–Crippen LogP) is 3.01. The van der Waals surface area contributed by atoms with Gasteiger partial charge in [0.05, 0.1) is 15.9 Å². The molecule has 1 aliphatic rings. The molecule has 1 aromatic heterocycles. The molecule has 0 atom stereocenters. The normalized spacial score (nSPS) is 17.2. The summed E-state index contributed by atoms with van der Waals surface area (Å²) >= 11 is 6.35. The fraction of sp³-hybridized carbons (Fsp3) is 0.133. The molecule has 4 nitrogen and oxygen atoms in total. The van der Waals surface area contributed by atoms with Crippen molar-refractivity contribution in [2.45, 2.75) is 6.92 Å². The summed E-state index contributed by atoms with van der Waals surface area (Å²) in [5.74, 6) is -0.167. The van der Waals surface area contributed by atoms with Crippen LogP contribution < -0.4 is 5.43 Å². The summed E-state index contributed by atoms with van der Waals surface area (Å²) in [5.41, 5.74) is 0.727. The van der Waals surface area contributed by atoms with E-state index in [9.17, 15) is 9.59 Å². The molecule has 0 saturated carbocycles. The maximum atomic E-state index is 12.4. The van der Waals surface area contributed by atoms with Gasteiger partial charge in [0, 0.05) is 6.54 Å². The highest BCUT2D eigenvalue weighted by atomic mass is 32.2. The Morgan fingerprint density at radius 3 is 2.81 bits per heavy atom. The number of hydrogen-bond donors (Lipinski definition) is 0. The number of rotatable bonds is 2. The lowest BCUT2D eigenvalue weighted by atomic mass is 10.1. The van der Waals surface area contributed by atoms with E-state index in [0.717, 1.165) is 0 Å². The van der Waals surface area contributed by atoms with Gasteiger partial charge in [0.25, 0.3) is 5.91 Å². The van der Waals surface area contributed by atoms with Crippen molar-refractivity contribution in [1.29, 1.82) is 0 Å². The topological polar surface area (TPSA) is 50.5 Å². The van der Waals surface area contributed by atoms with Crippen molar-refractivity contribution < 1.29 is 9.21 Å². The van der Waals surface area contributed by atoms with Gasteiger partial charge in [-0.2, -0.15) is 0 Å². The van der Waals surface area contributed by atoms with Crippen LogP contribution in [0.4, 0.5) is 0 Å². The molecule has 0 bridgehead atoms. The van der Waals surface area contributed by atoms with E-state index in [0.29, 0.717) is 32.3 Å². The van der Waals surface area contributed by atoms with Crippen molar-refractivity contribution in [2.75, 3.05) is 6.54 Å². The Kier molecular flexibility index (Phi) is 3.65. The Balaban J connectivity index is 2.09. The van der Waals surface area contributed by atoms with Gasteiger partial charge >= 0.3 is 0 Å². The van der Waals surface area contributed by atoms with Crippen LogP contribution in [0.3, 0.4) is 0 Å². The number of likely N-dealkylation sites (N-methyl/N-ethyl adjacent to an activating group) is 1. The second kappa shape index (κ2) is 5.46. The molecular formula is C15H11NO3S2. The van der Waals surface area contributed by atoms with Crippen molar-refractivity contribution >= 4 is 51.3 Å². The number of para-hydroxylation sites is 1. The fourth-order valence-corrected chi connectivity index (χ4v) is 3.48. The Hall–Kier alpha value is -1.92. The molecule has 1 amide bonds. The highest BCUT2D eigenvalue weighted by Crippen LogP contribution is 2.31. The molecule has 21 heavy (non-hydrogen) atoms. The lowest BCUT2D eigenvalue weighted by molar-refractivity contribution is -0.121. The number of nitrogens with zero attached hydrogens (tertiary/aromatic N) is 1. The van der Waals surface area contributed by atoms with Crippen molar-refractivity contribution in [3.05, 3.63) is 51.2 Å². The molecule has 2 aromatic rings. The van der Waals surface area contributed by atoms with Crippen molar-refractivity contribution in [3.8, 4) is 0 Å². The number of hydrogen-bond acceptors (Lipinski definition) is 5. The predicted molar refractivity (Wildman–Crippen MR) is 88.0 cm³/mol. The first-order valence-electron chi connectivity index (χ1n) is 6.37. The van der Waals surface area contributed by atoms with Gasteiger partial charge in [0.15, 0.2) is 5.43 Å². The molecule has 1 aliphatic heterocycles. The Morgan fingerprint density at radius 1 is 1.33 bits per heavy atom. The highest BCUT2D eigenvalue weighted by molar-refractivity contribution is 8.26. The quantitative estimate of drug-likeness (QED) is 0.629. The largest absolute Gasteiger partial charge is 0.463 e. The number of carbonyl (C=O) groups excluding carboxylic acids is 1. The van der Waals surface area contributed by atoms with E-state index in [2.05, 4.69) is 0 Å². The molecule has 1 aromatic carbocycles. The highest BCUT2D eigenvalue weighted by Gasteiger charge is 2.30. The SMILES string of the molecule is CCN1C(=O)C(=Cc2coc3ccccc3c2=O)SC1=S. The van der Waals surface area contributed by atoms with Crippen LogP contribution in [0.5, 0.6) is 0 Å². The van der Waals surface area contributed by atoms with E-state index >= 15 is 0 Å². The van der Waals surface area contributed by atoms with Crippen LogP contribution in [-0.2, 0) is 4.79 Å². The van der Waals surface area contributed by atoms with Crippen molar-refractivity contribution in [1.82, 2.24) is 4.90 Å². The van der Waals surface area contributed by atoms with Crippen molar-refractivity contribution in [3.63, 3.8) is 0 Å². The third-order valence-corrected chi connectivity index (χ3v) is 4.56. The minimum atomic E-state index is -0.167. The monoisotopic (exact) mass is 317 g/mol. The lowest BCUT2D eigenvalue weighted by Crippen LogP contribution is -2.27. The molecule has 1 fully saturated rings. The first kappa shape index (κ1) is 14.0. The van der Waals surface area contributed by atoms with Gasteiger partial charge in [-0.3, -0.25) is 14.5 Å². The van der Waals surface area contributed by atoms with Crippen LogP contribution in [0.1, 0.15) is 12.5 Å². The molecule has 1 saturated heterocycles. The summed E-state index contributed by atoms with van der Waals surface area (Å²) in [6.07, 6.45) is 2.93. The van der Waals surface area contributed by atoms with E-state index in [1.54, 1.807) is 30.3 Å². The second-order valence-electron chi connectivity index (χ2n) is 4.44. The minimum Gasteiger partial charge on any atom is -0.463 e. The van der Waals surface area contributed by atoms with Gasteiger partial charge in [-0.25, -0.2) is 0 Å². The van der Waals surface area contributed by atoms with E-state index in [1.165, 1.54) is 22.9 Å². The van der Waals surface area contributed by atoms with Crippen LogP contribution in [0.15, 0.2) is 44.6 Å². The maximum Gasteiger partial charge on any atom is 0.266 e. The van der Waals surface area contributed by atoms with Crippen LogP contribution in [0.25, 0.3) is 17.0 Å². The van der Waals surface area contributed by atoms with E-state index in [4.69, 9.17) is 16.6 Å². The Bertz CT molecular complexity index is 838. The van der Waals surface area contributed by atoms with Gasteiger partial charge in [-0.1, -0.05) is 36.1 Å². The Labute approximate surface area is 130 Å².